The molecule has 1 aliphatic carbocycles. The molecule has 0 spiro atoms. The minimum Gasteiger partial charge on any atom is -0.454 e. The van der Waals surface area contributed by atoms with Crippen molar-refractivity contribution in [3.8, 4) is 11.5 Å². The molecule has 2 aliphatic heterocycles. The van der Waals surface area contributed by atoms with Crippen LogP contribution in [0.2, 0.25) is 0 Å². The van der Waals surface area contributed by atoms with Crippen LogP contribution in [-0.4, -0.2) is 72.7 Å². The van der Waals surface area contributed by atoms with Crippen LogP contribution < -0.4 is 9.47 Å². The second kappa shape index (κ2) is 8.70. The third-order valence-electron chi connectivity index (χ3n) is 6.63. The van der Waals surface area contributed by atoms with Gasteiger partial charge in [-0.15, -0.1) is 0 Å². The molecule has 0 radical (unpaired) electrons. The largest absolute Gasteiger partial charge is 0.454 e. The minimum atomic E-state index is -0.0281. The predicted octanol–water partition coefficient (Wildman–Crippen LogP) is 2.71. The summed E-state index contributed by atoms with van der Waals surface area (Å²) in [7, 11) is 2.00. The highest BCUT2D eigenvalue weighted by molar-refractivity contribution is 5.81. The van der Waals surface area contributed by atoms with Crippen molar-refractivity contribution in [1.82, 2.24) is 14.7 Å². The lowest BCUT2D eigenvalue weighted by molar-refractivity contribution is -0.138. The maximum absolute atomic E-state index is 13.0. The number of fused-ring (bicyclic) bond motifs is 1. The van der Waals surface area contributed by atoms with Crippen molar-refractivity contribution in [2.75, 3.05) is 40.0 Å². The van der Waals surface area contributed by atoms with Gasteiger partial charge in [0.2, 0.25) is 12.7 Å². The normalized spacial score (nSPS) is 22.2. The zero-order chi connectivity index (χ0) is 19.5. The van der Waals surface area contributed by atoms with E-state index in [-0.39, 0.29) is 11.9 Å². The summed E-state index contributed by atoms with van der Waals surface area (Å²) >= 11 is 0. The van der Waals surface area contributed by atoms with E-state index in [2.05, 4.69) is 28.9 Å². The fraction of sp³-hybridized carbons (Fsp3) is 0.682. The Balaban J connectivity index is 1.26. The van der Waals surface area contributed by atoms with Crippen LogP contribution in [0.25, 0.3) is 0 Å². The van der Waals surface area contributed by atoms with Gasteiger partial charge in [-0.1, -0.05) is 25.3 Å². The van der Waals surface area contributed by atoms with Crippen molar-refractivity contribution in [1.29, 1.82) is 0 Å². The van der Waals surface area contributed by atoms with Gasteiger partial charge in [-0.3, -0.25) is 14.6 Å². The van der Waals surface area contributed by atoms with E-state index in [4.69, 9.17) is 9.47 Å². The van der Waals surface area contributed by atoms with Crippen molar-refractivity contribution in [2.24, 2.45) is 0 Å². The molecule has 2 heterocycles. The quantitative estimate of drug-likeness (QED) is 0.777. The predicted molar refractivity (Wildman–Crippen MR) is 109 cm³/mol. The number of hydrogen-bond donors (Lipinski definition) is 0. The van der Waals surface area contributed by atoms with Crippen LogP contribution >= 0.6 is 0 Å². The minimum absolute atomic E-state index is 0.0281. The summed E-state index contributed by atoms with van der Waals surface area (Å²) in [5, 5.41) is 0. The number of benzene rings is 1. The second-order valence-electron chi connectivity index (χ2n) is 8.42. The Kier molecular flexibility index (Phi) is 6.07. The molecule has 0 bridgehead atoms. The third-order valence-corrected chi connectivity index (χ3v) is 6.63. The van der Waals surface area contributed by atoms with Gasteiger partial charge in [0.1, 0.15) is 0 Å². The van der Waals surface area contributed by atoms with Gasteiger partial charge in [-0.2, -0.15) is 0 Å². The first-order valence-electron chi connectivity index (χ1n) is 10.7. The number of carbonyl (C=O) groups is 1. The monoisotopic (exact) mass is 387 g/mol. The lowest BCUT2D eigenvalue weighted by Gasteiger charge is -2.40. The zero-order valence-corrected chi connectivity index (χ0v) is 17.2. The Morgan fingerprint density at radius 1 is 1.11 bits per heavy atom. The van der Waals surface area contributed by atoms with Crippen LogP contribution in [0.5, 0.6) is 11.5 Å². The van der Waals surface area contributed by atoms with E-state index in [0.29, 0.717) is 12.8 Å². The van der Waals surface area contributed by atoms with Crippen molar-refractivity contribution in [3.63, 3.8) is 0 Å². The first-order chi connectivity index (χ1) is 13.6. The number of rotatable bonds is 5. The van der Waals surface area contributed by atoms with Crippen molar-refractivity contribution < 1.29 is 14.3 Å². The highest BCUT2D eigenvalue weighted by Gasteiger charge is 2.30. The lowest BCUT2D eigenvalue weighted by atomic mass is 9.94. The Morgan fingerprint density at radius 3 is 2.57 bits per heavy atom. The van der Waals surface area contributed by atoms with E-state index in [1.807, 2.05) is 18.0 Å². The number of hydrogen-bond acceptors (Lipinski definition) is 5. The third kappa shape index (κ3) is 4.28. The standard InChI is InChI=1S/C22H33N3O3/c1-17(22(26)23(2)19-6-4-3-5-7-19)25-12-10-24(11-13-25)15-18-8-9-20-21(14-18)28-16-27-20/h8-9,14,17,19H,3-7,10-13,15-16H2,1-2H3/t17-/m0/s1. The molecular weight excluding hydrogens is 354 g/mol. The van der Waals surface area contributed by atoms with E-state index >= 15 is 0 Å². The van der Waals surface area contributed by atoms with Gasteiger partial charge in [0.05, 0.1) is 6.04 Å². The molecule has 28 heavy (non-hydrogen) atoms. The summed E-state index contributed by atoms with van der Waals surface area (Å²) in [6.07, 6.45) is 6.17. The zero-order valence-electron chi connectivity index (χ0n) is 17.2. The van der Waals surface area contributed by atoms with Gasteiger partial charge in [0.25, 0.3) is 0 Å². The van der Waals surface area contributed by atoms with E-state index in [0.717, 1.165) is 57.1 Å². The van der Waals surface area contributed by atoms with Crippen LogP contribution in [0.1, 0.15) is 44.6 Å². The molecule has 3 aliphatic rings. The Labute approximate surface area is 168 Å². The first kappa shape index (κ1) is 19.5. The SMILES string of the molecule is C[C@@H](C(=O)N(C)C1CCCCC1)N1CCN(Cc2ccc3c(c2)OCO3)CC1. The molecule has 1 amide bonds. The summed E-state index contributed by atoms with van der Waals surface area (Å²) in [6, 6.07) is 6.61. The molecule has 154 valence electrons. The highest BCUT2D eigenvalue weighted by Crippen LogP contribution is 2.33. The number of carbonyl (C=O) groups excluding carboxylic acids is 1. The van der Waals surface area contributed by atoms with Gasteiger partial charge in [-0.05, 0) is 37.5 Å². The summed E-state index contributed by atoms with van der Waals surface area (Å²) in [4.78, 5) is 19.8. The van der Waals surface area contributed by atoms with Crippen molar-refractivity contribution in [2.45, 2.75) is 57.7 Å². The molecule has 1 aromatic rings. The van der Waals surface area contributed by atoms with Crippen LogP contribution in [0.3, 0.4) is 0 Å². The molecule has 6 nitrogen and oxygen atoms in total. The molecule has 1 aromatic carbocycles. The van der Waals surface area contributed by atoms with Crippen LogP contribution in [-0.2, 0) is 11.3 Å². The molecule has 1 saturated heterocycles. The lowest BCUT2D eigenvalue weighted by Crippen LogP contribution is -2.55. The summed E-state index contributed by atoms with van der Waals surface area (Å²) in [5.74, 6) is 1.97. The molecule has 4 rings (SSSR count). The van der Waals surface area contributed by atoms with E-state index < -0.39 is 0 Å². The molecule has 2 fully saturated rings. The maximum atomic E-state index is 13.0. The average molecular weight is 388 g/mol. The molecular formula is C22H33N3O3. The molecule has 6 heteroatoms. The van der Waals surface area contributed by atoms with E-state index in [1.54, 1.807) is 0 Å². The van der Waals surface area contributed by atoms with Crippen LogP contribution in [0.4, 0.5) is 0 Å². The van der Waals surface area contributed by atoms with Crippen molar-refractivity contribution in [3.05, 3.63) is 23.8 Å². The van der Waals surface area contributed by atoms with Gasteiger partial charge >= 0.3 is 0 Å². The number of nitrogens with zero attached hydrogens (tertiary/aromatic N) is 3. The van der Waals surface area contributed by atoms with Crippen LogP contribution in [0, 0.1) is 0 Å². The summed E-state index contributed by atoms with van der Waals surface area (Å²) in [6.45, 7) is 7.16. The summed E-state index contributed by atoms with van der Waals surface area (Å²) < 4.78 is 10.9. The molecule has 1 atom stereocenters. The molecule has 0 aromatic heterocycles. The fourth-order valence-corrected chi connectivity index (χ4v) is 4.71. The summed E-state index contributed by atoms with van der Waals surface area (Å²) in [5.41, 5.74) is 1.25. The first-order valence-corrected chi connectivity index (χ1v) is 10.7. The second-order valence-corrected chi connectivity index (χ2v) is 8.42. The van der Waals surface area contributed by atoms with E-state index in [9.17, 15) is 4.79 Å². The number of piperazine rings is 1. The fourth-order valence-electron chi connectivity index (χ4n) is 4.71. The van der Waals surface area contributed by atoms with Gasteiger partial charge in [-0.25, -0.2) is 0 Å². The van der Waals surface area contributed by atoms with Gasteiger partial charge in [0, 0.05) is 45.8 Å². The van der Waals surface area contributed by atoms with Gasteiger partial charge < -0.3 is 14.4 Å². The molecule has 0 N–H and O–H groups in total. The van der Waals surface area contributed by atoms with E-state index in [1.165, 1.54) is 24.8 Å². The molecule has 1 saturated carbocycles. The maximum Gasteiger partial charge on any atom is 0.239 e. The highest BCUT2D eigenvalue weighted by atomic mass is 16.7. The number of amides is 1. The Morgan fingerprint density at radius 2 is 1.82 bits per heavy atom. The number of ether oxygens (including phenoxy) is 2. The smallest absolute Gasteiger partial charge is 0.239 e. The Bertz CT molecular complexity index is 682. The Hall–Kier alpha value is -1.79. The van der Waals surface area contributed by atoms with Crippen LogP contribution in [0.15, 0.2) is 18.2 Å². The average Bonchev–Trinajstić information content (AvgIpc) is 3.21. The topological polar surface area (TPSA) is 45.3 Å². The van der Waals surface area contributed by atoms with Crippen molar-refractivity contribution >= 4 is 5.91 Å². The molecule has 0 unspecified atom stereocenters. The number of likely N-dealkylation sites (N-methyl/N-ethyl adjacent to an activating group) is 1. The van der Waals surface area contributed by atoms with Gasteiger partial charge in [0.15, 0.2) is 11.5 Å².